The minimum Gasteiger partial charge on any atom is -0.321 e. The van der Waals surface area contributed by atoms with E-state index in [1.165, 1.54) is 0 Å². The number of halogens is 1. The summed E-state index contributed by atoms with van der Waals surface area (Å²) in [5.74, 6) is 0.349. The lowest BCUT2D eigenvalue weighted by molar-refractivity contribution is 0.102. The lowest BCUT2D eigenvalue weighted by Crippen LogP contribution is -2.17. The summed E-state index contributed by atoms with van der Waals surface area (Å²) in [6.07, 6.45) is 2.67. The van der Waals surface area contributed by atoms with Gasteiger partial charge in [-0.25, -0.2) is 8.42 Å². The Kier molecular flexibility index (Phi) is 4.08. The van der Waals surface area contributed by atoms with Gasteiger partial charge in [-0.2, -0.15) is 5.10 Å². The first-order valence-corrected chi connectivity index (χ1v) is 10.5. The van der Waals surface area contributed by atoms with Gasteiger partial charge >= 0.3 is 0 Å². The van der Waals surface area contributed by atoms with Gasteiger partial charge in [0.05, 0.1) is 17.5 Å². The van der Waals surface area contributed by atoms with Crippen molar-refractivity contribution < 1.29 is 13.2 Å². The van der Waals surface area contributed by atoms with E-state index in [-0.39, 0.29) is 23.5 Å². The maximum absolute atomic E-state index is 12.5. The monoisotopic (exact) mass is 379 g/mol. The van der Waals surface area contributed by atoms with Crippen LogP contribution in [0.3, 0.4) is 0 Å². The Hall–Kier alpha value is -1.86. The predicted octanol–water partition coefficient (Wildman–Crippen LogP) is 3.03. The van der Waals surface area contributed by atoms with Crippen LogP contribution in [0, 0.1) is 0 Å². The number of sulfone groups is 1. The van der Waals surface area contributed by atoms with E-state index in [1.54, 1.807) is 35.0 Å². The molecule has 1 aromatic carbocycles. The van der Waals surface area contributed by atoms with Crippen molar-refractivity contribution >= 4 is 33.0 Å². The summed E-state index contributed by atoms with van der Waals surface area (Å²) in [6, 6.07) is 8.54. The fourth-order valence-corrected chi connectivity index (χ4v) is 5.11. The van der Waals surface area contributed by atoms with Crippen LogP contribution in [0.15, 0.2) is 30.3 Å². The summed E-state index contributed by atoms with van der Waals surface area (Å²) in [7, 11) is -3.01. The second-order valence-electron chi connectivity index (χ2n) is 6.69. The highest BCUT2D eigenvalue weighted by Gasteiger charge is 2.36. The van der Waals surface area contributed by atoms with Crippen molar-refractivity contribution in [3.05, 3.63) is 46.7 Å². The van der Waals surface area contributed by atoms with E-state index in [0.29, 0.717) is 28.7 Å². The van der Waals surface area contributed by atoms with Gasteiger partial charge in [-0.3, -0.25) is 9.48 Å². The molecule has 2 aromatic rings. The van der Waals surface area contributed by atoms with Gasteiger partial charge < -0.3 is 5.32 Å². The van der Waals surface area contributed by atoms with Gasteiger partial charge in [0, 0.05) is 22.3 Å². The van der Waals surface area contributed by atoms with Crippen LogP contribution < -0.4 is 5.32 Å². The first kappa shape index (κ1) is 16.6. The average Bonchev–Trinajstić information content (AvgIpc) is 3.19. The maximum Gasteiger partial charge on any atom is 0.276 e. The van der Waals surface area contributed by atoms with E-state index in [1.807, 2.05) is 0 Å². The average molecular weight is 380 g/mol. The van der Waals surface area contributed by atoms with Gasteiger partial charge in [-0.05, 0) is 43.5 Å². The van der Waals surface area contributed by atoms with Crippen LogP contribution in [0.2, 0.25) is 5.02 Å². The molecule has 1 amide bonds. The Balaban J connectivity index is 1.60. The van der Waals surface area contributed by atoms with Crippen LogP contribution in [0.5, 0.6) is 0 Å². The molecule has 25 heavy (non-hydrogen) atoms. The third kappa shape index (κ3) is 3.57. The van der Waals surface area contributed by atoms with Crippen molar-refractivity contribution in [2.24, 2.45) is 0 Å². The minimum absolute atomic E-state index is 0.101. The van der Waals surface area contributed by atoms with Crippen LogP contribution in [-0.2, 0) is 9.84 Å². The Morgan fingerprint density at radius 3 is 2.68 bits per heavy atom. The summed E-state index contributed by atoms with van der Waals surface area (Å²) >= 11 is 5.94. The summed E-state index contributed by atoms with van der Waals surface area (Å²) in [6.45, 7) is 0. The number of carbonyl (C=O) groups excluding carboxylic acids is 1. The number of rotatable bonds is 4. The van der Waals surface area contributed by atoms with Crippen molar-refractivity contribution in [3.8, 4) is 0 Å². The standard InChI is InChI=1S/C17H18ClN3O3S/c18-12-2-1-3-13(8-12)19-17(22)15-9-16(11-4-5-11)21(20-15)14-6-7-25(23,24)10-14/h1-3,8-9,11,14H,4-7,10H2,(H,19,22). The highest BCUT2D eigenvalue weighted by atomic mass is 35.5. The highest BCUT2D eigenvalue weighted by molar-refractivity contribution is 7.91. The van der Waals surface area contributed by atoms with E-state index in [9.17, 15) is 13.2 Å². The third-order valence-electron chi connectivity index (χ3n) is 4.63. The number of benzene rings is 1. The normalized spacial score (nSPS) is 22.0. The molecule has 4 rings (SSSR count). The van der Waals surface area contributed by atoms with Crippen LogP contribution in [0.25, 0.3) is 0 Å². The van der Waals surface area contributed by atoms with Crippen molar-refractivity contribution in [2.45, 2.75) is 31.2 Å². The molecule has 132 valence electrons. The lowest BCUT2D eigenvalue weighted by atomic mass is 10.2. The van der Waals surface area contributed by atoms with Gasteiger partial charge in [0.1, 0.15) is 0 Å². The molecule has 1 unspecified atom stereocenters. The zero-order valence-electron chi connectivity index (χ0n) is 13.5. The van der Waals surface area contributed by atoms with Crippen molar-refractivity contribution in [3.63, 3.8) is 0 Å². The molecule has 8 heteroatoms. The summed E-state index contributed by atoms with van der Waals surface area (Å²) in [5.41, 5.74) is 1.88. The summed E-state index contributed by atoms with van der Waals surface area (Å²) < 4.78 is 25.4. The molecule has 1 atom stereocenters. The number of nitrogens with zero attached hydrogens (tertiary/aromatic N) is 2. The topological polar surface area (TPSA) is 81.1 Å². The highest BCUT2D eigenvalue weighted by Crippen LogP contribution is 2.42. The predicted molar refractivity (Wildman–Crippen MR) is 95.9 cm³/mol. The van der Waals surface area contributed by atoms with E-state index in [2.05, 4.69) is 10.4 Å². The number of amides is 1. The quantitative estimate of drug-likeness (QED) is 0.885. The molecular weight excluding hydrogens is 362 g/mol. The second-order valence-corrected chi connectivity index (χ2v) is 9.36. The molecule has 0 bridgehead atoms. The van der Waals surface area contributed by atoms with Gasteiger partial charge in [-0.15, -0.1) is 0 Å². The summed E-state index contributed by atoms with van der Waals surface area (Å²) in [5, 5.41) is 7.77. The molecule has 6 nitrogen and oxygen atoms in total. The van der Waals surface area contributed by atoms with Gasteiger partial charge in [0.25, 0.3) is 5.91 Å². The van der Waals surface area contributed by atoms with E-state index in [0.717, 1.165) is 18.5 Å². The molecule has 1 N–H and O–H groups in total. The van der Waals surface area contributed by atoms with E-state index in [4.69, 9.17) is 11.6 Å². The molecule has 2 fully saturated rings. The number of aromatic nitrogens is 2. The lowest BCUT2D eigenvalue weighted by Gasteiger charge is -2.12. The maximum atomic E-state index is 12.5. The zero-order valence-corrected chi connectivity index (χ0v) is 15.1. The number of carbonyl (C=O) groups is 1. The Morgan fingerprint density at radius 2 is 2.04 bits per heavy atom. The fourth-order valence-electron chi connectivity index (χ4n) is 3.23. The molecule has 2 aliphatic rings. The van der Waals surface area contributed by atoms with E-state index >= 15 is 0 Å². The van der Waals surface area contributed by atoms with Gasteiger partial charge in [0.15, 0.2) is 15.5 Å². The molecule has 1 saturated carbocycles. The first-order chi connectivity index (χ1) is 11.9. The van der Waals surface area contributed by atoms with Crippen molar-refractivity contribution in [2.75, 3.05) is 16.8 Å². The molecule has 1 saturated heterocycles. The van der Waals surface area contributed by atoms with Crippen molar-refractivity contribution in [1.29, 1.82) is 0 Å². The van der Waals surface area contributed by atoms with Crippen LogP contribution in [0.1, 0.15) is 47.4 Å². The molecule has 2 heterocycles. The summed E-state index contributed by atoms with van der Waals surface area (Å²) in [4.78, 5) is 12.5. The Bertz CT molecular complexity index is 934. The number of anilines is 1. The Labute approximate surface area is 151 Å². The van der Waals surface area contributed by atoms with Gasteiger partial charge in [0.2, 0.25) is 0 Å². The number of hydrogen-bond acceptors (Lipinski definition) is 4. The second kappa shape index (κ2) is 6.14. The van der Waals surface area contributed by atoms with Crippen molar-refractivity contribution in [1.82, 2.24) is 9.78 Å². The van der Waals surface area contributed by atoms with E-state index < -0.39 is 9.84 Å². The number of nitrogens with one attached hydrogen (secondary N) is 1. The fraction of sp³-hybridized carbons (Fsp3) is 0.412. The molecule has 0 spiro atoms. The molecular formula is C17H18ClN3O3S. The molecule has 0 radical (unpaired) electrons. The van der Waals surface area contributed by atoms with Crippen LogP contribution in [0.4, 0.5) is 5.69 Å². The van der Waals surface area contributed by atoms with Crippen LogP contribution in [-0.4, -0.2) is 35.6 Å². The smallest absolute Gasteiger partial charge is 0.276 e. The molecule has 1 aliphatic heterocycles. The SMILES string of the molecule is O=C(Nc1cccc(Cl)c1)c1cc(C2CC2)n(C2CCS(=O)(=O)C2)n1. The zero-order chi connectivity index (χ0) is 17.6. The van der Waals surface area contributed by atoms with Gasteiger partial charge in [-0.1, -0.05) is 17.7 Å². The largest absolute Gasteiger partial charge is 0.321 e. The van der Waals surface area contributed by atoms with Crippen LogP contribution >= 0.6 is 11.6 Å². The Morgan fingerprint density at radius 1 is 1.24 bits per heavy atom. The molecule has 1 aliphatic carbocycles. The number of hydrogen-bond donors (Lipinski definition) is 1. The first-order valence-electron chi connectivity index (χ1n) is 8.28. The minimum atomic E-state index is -3.01. The third-order valence-corrected chi connectivity index (χ3v) is 6.62. The molecule has 1 aromatic heterocycles.